The Hall–Kier alpha value is -2.57. The summed E-state index contributed by atoms with van der Waals surface area (Å²) in [5, 5.41) is 4.04. The standard InChI is InChI=1S/C17H22N4O3/c1-23-15-6-5-13(10-16(15)24-2)14-4-3-8-21(14)17(22)7-9-20-12-18-11-19-20/h5-6,10-12,14H,3-4,7-9H2,1-2H3/t14-/m1/s1. The van der Waals surface area contributed by atoms with Gasteiger partial charge in [-0.2, -0.15) is 5.10 Å². The number of aryl methyl sites for hydroxylation is 1. The minimum Gasteiger partial charge on any atom is -0.493 e. The quantitative estimate of drug-likeness (QED) is 0.811. The summed E-state index contributed by atoms with van der Waals surface area (Å²) in [6, 6.07) is 5.96. The smallest absolute Gasteiger partial charge is 0.224 e. The van der Waals surface area contributed by atoms with E-state index in [9.17, 15) is 4.79 Å². The summed E-state index contributed by atoms with van der Waals surface area (Å²) in [6.45, 7) is 1.34. The number of nitrogens with zero attached hydrogens (tertiary/aromatic N) is 4. The van der Waals surface area contributed by atoms with Crippen LogP contribution < -0.4 is 9.47 Å². The SMILES string of the molecule is COc1ccc([C@H]2CCCN2C(=O)CCn2cncn2)cc1OC. The molecule has 7 heteroatoms. The van der Waals surface area contributed by atoms with E-state index >= 15 is 0 Å². The highest BCUT2D eigenvalue weighted by Crippen LogP contribution is 2.37. The Morgan fingerprint density at radius 2 is 2.12 bits per heavy atom. The third-order valence-corrected chi connectivity index (χ3v) is 4.39. The van der Waals surface area contributed by atoms with Crippen LogP contribution in [0.25, 0.3) is 0 Å². The Morgan fingerprint density at radius 1 is 1.29 bits per heavy atom. The van der Waals surface area contributed by atoms with Crippen molar-refractivity contribution in [2.45, 2.75) is 31.8 Å². The van der Waals surface area contributed by atoms with Crippen LogP contribution in [0.15, 0.2) is 30.9 Å². The highest BCUT2D eigenvalue weighted by molar-refractivity contribution is 5.77. The lowest BCUT2D eigenvalue weighted by atomic mass is 10.0. The zero-order valence-electron chi connectivity index (χ0n) is 14.0. The van der Waals surface area contributed by atoms with Crippen LogP contribution in [0, 0.1) is 0 Å². The summed E-state index contributed by atoms with van der Waals surface area (Å²) in [7, 11) is 3.24. The van der Waals surface area contributed by atoms with Gasteiger partial charge in [-0.25, -0.2) is 4.98 Å². The fourth-order valence-electron chi connectivity index (χ4n) is 3.17. The first-order chi connectivity index (χ1) is 11.7. The van der Waals surface area contributed by atoms with Gasteiger partial charge in [0, 0.05) is 13.0 Å². The number of hydrogen-bond donors (Lipinski definition) is 0. The number of benzene rings is 1. The highest BCUT2D eigenvalue weighted by atomic mass is 16.5. The molecule has 0 bridgehead atoms. The van der Waals surface area contributed by atoms with Gasteiger partial charge in [-0.15, -0.1) is 0 Å². The third-order valence-electron chi connectivity index (χ3n) is 4.39. The summed E-state index contributed by atoms with van der Waals surface area (Å²) >= 11 is 0. The van der Waals surface area contributed by atoms with Crippen LogP contribution in [0.1, 0.15) is 30.9 Å². The van der Waals surface area contributed by atoms with Crippen molar-refractivity contribution in [3.8, 4) is 11.5 Å². The lowest BCUT2D eigenvalue weighted by Gasteiger charge is -2.25. The zero-order valence-corrected chi connectivity index (χ0v) is 14.0. The van der Waals surface area contributed by atoms with E-state index < -0.39 is 0 Å². The molecular weight excluding hydrogens is 308 g/mol. The van der Waals surface area contributed by atoms with E-state index in [4.69, 9.17) is 9.47 Å². The van der Waals surface area contributed by atoms with Crippen LogP contribution in [-0.4, -0.2) is 46.3 Å². The molecular formula is C17H22N4O3. The predicted molar refractivity (Wildman–Crippen MR) is 87.9 cm³/mol. The highest BCUT2D eigenvalue weighted by Gasteiger charge is 2.30. The molecule has 7 nitrogen and oxygen atoms in total. The van der Waals surface area contributed by atoms with Gasteiger partial charge in [0.1, 0.15) is 12.7 Å². The van der Waals surface area contributed by atoms with E-state index in [1.54, 1.807) is 25.2 Å². The molecule has 128 valence electrons. The average Bonchev–Trinajstić information content (AvgIpc) is 3.30. The fraction of sp³-hybridized carbons (Fsp3) is 0.471. The summed E-state index contributed by atoms with van der Waals surface area (Å²) in [5.41, 5.74) is 1.08. The topological polar surface area (TPSA) is 69.5 Å². The minimum atomic E-state index is 0.0908. The Balaban J connectivity index is 1.71. The maximum Gasteiger partial charge on any atom is 0.224 e. The largest absolute Gasteiger partial charge is 0.493 e. The van der Waals surface area contributed by atoms with Gasteiger partial charge in [-0.3, -0.25) is 9.48 Å². The number of carbonyl (C=O) groups excluding carboxylic acids is 1. The second-order valence-electron chi connectivity index (χ2n) is 5.77. The molecule has 1 aliphatic heterocycles. The molecule has 2 heterocycles. The normalized spacial score (nSPS) is 17.1. The molecule has 1 atom stereocenters. The number of ether oxygens (including phenoxy) is 2. The van der Waals surface area contributed by atoms with E-state index in [0.717, 1.165) is 24.9 Å². The second kappa shape index (κ2) is 7.33. The van der Waals surface area contributed by atoms with Crippen LogP contribution in [0.4, 0.5) is 0 Å². The van der Waals surface area contributed by atoms with E-state index in [-0.39, 0.29) is 11.9 Å². The van der Waals surface area contributed by atoms with E-state index in [0.29, 0.717) is 24.5 Å². The summed E-state index contributed by atoms with van der Waals surface area (Å²) in [4.78, 5) is 18.5. The van der Waals surface area contributed by atoms with Crippen molar-refractivity contribution in [3.63, 3.8) is 0 Å². The third kappa shape index (κ3) is 3.34. The van der Waals surface area contributed by atoms with Gasteiger partial charge < -0.3 is 14.4 Å². The number of rotatable bonds is 6. The number of aromatic nitrogens is 3. The molecule has 1 aromatic heterocycles. The zero-order chi connectivity index (χ0) is 16.9. The number of methoxy groups -OCH3 is 2. The molecule has 0 radical (unpaired) electrons. The van der Waals surface area contributed by atoms with Crippen molar-refractivity contribution >= 4 is 5.91 Å². The molecule has 0 unspecified atom stereocenters. The summed E-state index contributed by atoms with van der Waals surface area (Å²) in [5.74, 6) is 1.53. The van der Waals surface area contributed by atoms with Crippen molar-refractivity contribution < 1.29 is 14.3 Å². The molecule has 0 saturated carbocycles. The van der Waals surface area contributed by atoms with Gasteiger partial charge in [0.15, 0.2) is 11.5 Å². The van der Waals surface area contributed by atoms with Gasteiger partial charge in [0.25, 0.3) is 0 Å². The van der Waals surface area contributed by atoms with Crippen LogP contribution >= 0.6 is 0 Å². The average molecular weight is 330 g/mol. The Kier molecular flexibility index (Phi) is 4.98. The van der Waals surface area contributed by atoms with Crippen LogP contribution in [-0.2, 0) is 11.3 Å². The minimum absolute atomic E-state index is 0.0908. The molecule has 1 fully saturated rings. The first-order valence-electron chi connectivity index (χ1n) is 8.06. The van der Waals surface area contributed by atoms with Gasteiger partial charge in [0.05, 0.1) is 26.8 Å². The van der Waals surface area contributed by atoms with Crippen LogP contribution in [0.5, 0.6) is 11.5 Å². The number of likely N-dealkylation sites (tertiary alicyclic amines) is 1. The molecule has 0 aliphatic carbocycles. The van der Waals surface area contributed by atoms with E-state index in [1.807, 2.05) is 23.1 Å². The Bertz CT molecular complexity index is 687. The Labute approximate surface area is 141 Å². The lowest BCUT2D eigenvalue weighted by Crippen LogP contribution is -2.31. The molecule has 1 aromatic carbocycles. The number of hydrogen-bond acceptors (Lipinski definition) is 5. The number of amides is 1. The molecule has 0 N–H and O–H groups in total. The van der Waals surface area contributed by atoms with Gasteiger partial charge in [-0.1, -0.05) is 6.07 Å². The van der Waals surface area contributed by atoms with E-state index in [1.165, 1.54) is 6.33 Å². The van der Waals surface area contributed by atoms with Crippen LogP contribution in [0.2, 0.25) is 0 Å². The van der Waals surface area contributed by atoms with Crippen molar-refractivity contribution in [3.05, 3.63) is 36.4 Å². The van der Waals surface area contributed by atoms with Gasteiger partial charge in [-0.05, 0) is 30.5 Å². The Morgan fingerprint density at radius 3 is 2.83 bits per heavy atom. The predicted octanol–water partition coefficient (Wildman–Crippen LogP) is 2.05. The maximum absolute atomic E-state index is 12.6. The van der Waals surface area contributed by atoms with Crippen molar-refractivity contribution in [1.29, 1.82) is 0 Å². The molecule has 1 saturated heterocycles. The molecule has 1 amide bonds. The van der Waals surface area contributed by atoms with Crippen molar-refractivity contribution in [1.82, 2.24) is 19.7 Å². The molecule has 2 aromatic rings. The van der Waals surface area contributed by atoms with Gasteiger partial charge >= 0.3 is 0 Å². The lowest BCUT2D eigenvalue weighted by molar-refractivity contribution is -0.132. The monoisotopic (exact) mass is 330 g/mol. The van der Waals surface area contributed by atoms with Crippen molar-refractivity contribution in [2.24, 2.45) is 0 Å². The molecule has 24 heavy (non-hydrogen) atoms. The first kappa shape index (κ1) is 16.3. The number of carbonyl (C=O) groups is 1. The fourth-order valence-corrected chi connectivity index (χ4v) is 3.17. The maximum atomic E-state index is 12.6. The molecule has 0 spiro atoms. The molecule has 1 aliphatic rings. The summed E-state index contributed by atoms with van der Waals surface area (Å²) in [6.07, 6.45) is 5.50. The molecule has 3 rings (SSSR count). The second-order valence-corrected chi connectivity index (χ2v) is 5.77. The van der Waals surface area contributed by atoms with Crippen LogP contribution in [0.3, 0.4) is 0 Å². The van der Waals surface area contributed by atoms with Gasteiger partial charge in [0.2, 0.25) is 5.91 Å². The summed E-state index contributed by atoms with van der Waals surface area (Å²) < 4.78 is 12.3. The van der Waals surface area contributed by atoms with Crippen molar-refractivity contribution in [2.75, 3.05) is 20.8 Å². The first-order valence-corrected chi connectivity index (χ1v) is 8.06. The van der Waals surface area contributed by atoms with E-state index in [2.05, 4.69) is 10.1 Å².